The van der Waals surface area contributed by atoms with E-state index in [1.807, 2.05) is 18.2 Å². The van der Waals surface area contributed by atoms with Gasteiger partial charge in [-0.3, -0.25) is 4.90 Å². The standard InChI is InChI=1S/C20H19BrN4O2S/c21-14-7-4-6-13(12-14)16(24-9-2-1-3-10-24)17-19(26)25-20(28-17)22-18(23-25)15-8-5-11-27-15/h4-8,11-12,16,26H,1-3,9-10H2. The third-order valence-corrected chi connectivity index (χ3v) is 6.68. The molecular weight excluding hydrogens is 440 g/mol. The summed E-state index contributed by atoms with van der Waals surface area (Å²) >= 11 is 5.07. The van der Waals surface area contributed by atoms with Crippen molar-refractivity contribution in [2.45, 2.75) is 25.3 Å². The molecule has 1 fully saturated rings. The van der Waals surface area contributed by atoms with E-state index >= 15 is 0 Å². The molecule has 0 saturated carbocycles. The predicted molar refractivity (Wildman–Crippen MR) is 112 cm³/mol. The SMILES string of the molecule is Oc1c(C(c2cccc(Br)c2)N2CCCCC2)sc2nc(-c3ccco3)nn12. The molecule has 1 aliphatic rings. The van der Waals surface area contributed by atoms with Crippen LogP contribution in [0.15, 0.2) is 51.6 Å². The molecule has 0 aliphatic carbocycles. The van der Waals surface area contributed by atoms with Gasteiger partial charge in [-0.25, -0.2) is 0 Å². The number of rotatable bonds is 4. The zero-order valence-corrected chi connectivity index (χ0v) is 17.5. The molecule has 0 amide bonds. The number of fused-ring (bicyclic) bond motifs is 1. The Morgan fingerprint density at radius 1 is 1.14 bits per heavy atom. The van der Waals surface area contributed by atoms with Gasteiger partial charge in [-0.05, 0) is 55.8 Å². The summed E-state index contributed by atoms with van der Waals surface area (Å²) in [4.78, 5) is 8.55. The quantitative estimate of drug-likeness (QED) is 0.460. The van der Waals surface area contributed by atoms with Crippen LogP contribution in [0.2, 0.25) is 0 Å². The molecule has 3 aromatic heterocycles. The smallest absolute Gasteiger partial charge is 0.230 e. The summed E-state index contributed by atoms with van der Waals surface area (Å²) in [6, 6.07) is 11.9. The lowest BCUT2D eigenvalue weighted by Crippen LogP contribution is -2.34. The molecule has 1 N–H and O–H groups in total. The van der Waals surface area contributed by atoms with E-state index < -0.39 is 0 Å². The summed E-state index contributed by atoms with van der Waals surface area (Å²) in [7, 11) is 0. The molecule has 4 aromatic rings. The zero-order valence-electron chi connectivity index (χ0n) is 15.1. The first-order valence-electron chi connectivity index (χ1n) is 9.32. The molecule has 1 saturated heterocycles. The van der Waals surface area contributed by atoms with Crippen LogP contribution in [0.25, 0.3) is 16.5 Å². The maximum atomic E-state index is 11.0. The topological polar surface area (TPSA) is 66.8 Å². The molecule has 144 valence electrons. The van der Waals surface area contributed by atoms with Gasteiger partial charge in [0.25, 0.3) is 0 Å². The van der Waals surface area contributed by atoms with Crippen LogP contribution in [-0.2, 0) is 0 Å². The number of piperidine rings is 1. The lowest BCUT2D eigenvalue weighted by atomic mass is 10.0. The van der Waals surface area contributed by atoms with Gasteiger partial charge >= 0.3 is 0 Å². The minimum Gasteiger partial charge on any atom is -0.492 e. The molecule has 6 nitrogen and oxygen atoms in total. The van der Waals surface area contributed by atoms with Crippen LogP contribution in [0.4, 0.5) is 0 Å². The first-order valence-corrected chi connectivity index (χ1v) is 10.9. The van der Waals surface area contributed by atoms with Gasteiger partial charge in [0.2, 0.25) is 16.7 Å². The maximum absolute atomic E-state index is 11.0. The van der Waals surface area contributed by atoms with Crippen molar-refractivity contribution in [3.8, 4) is 17.5 Å². The fraction of sp³-hybridized carbons (Fsp3) is 0.300. The lowest BCUT2D eigenvalue weighted by molar-refractivity contribution is 0.186. The van der Waals surface area contributed by atoms with Gasteiger partial charge in [0, 0.05) is 4.47 Å². The predicted octanol–water partition coefficient (Wildman–Crippen LogP) is 5.09. The second kappa shape index (κ2) is 7.35. The van der Waals surface area contributed by atoms with Gasteiger partial charge in [0.1, 0.15) is 0 Å². The molecular formula is C20H19BrN4O2S. The number of thiazole rings is 1. The normalized spacial score (nSPS) is 16.6. The molecule has 1 aromatic carbocycles. The van der Waals surface area contributed by atoms with Crippen LogP contribution in [0.1, 0.15) is 35.7 Å². The minimum atomic E-state index is -0.0154. The molecule has 28 heavy (non-hydrogen) atoms. The number of aromatic nitrogens is 3. The highest BCUT2D eigenvalue weighted by atomic mass is 79.9. The number of hydrogen-bond acceptors (Lipinski definition) is 6. The molecule has 0 bridgehead atoms. The molecule has 1 aliphatic heterocycles. The molecule has 1 atom stereocenters. The van der Waals surface area contributed by atoms with Crippen molar-refractivity contribution in [3.63, 3.8) is 0 Å². The number of hydrogen-bond donors (Lipinski definition) is 1. The lowest BCUT2D eigenvalue weighted by Gasteiger charge is -2.34. The van der Waals surface area contributed by atoms with Gasteiger partial charge in [-0.2, -0.15) is 9.50 Å². The molecule has 4 heterocycles. The number of benzene rings is 1. The Bertz CT molecular complexity index is 1100. The van der Waals surface area contributed by atoms with Crippen molar-refractivity contribution in [1.29, 1.82) is 0 Å². The fourth-order valence-corrected chi connectivity index (χ4v) is 5.35. The third kappa shape index (κ3) is 3.15. The molecule has 1 unspecified atom stereocenters. The molecule has 5 rings (SSSR count). The Labute approximate surface area is 174 Å². The van der Waals surface area contributed by atoms with E-state index in [0.29, 0.717) is 16.5 Å². The third-order valence-electron chi connectivity index (χ3n) is 5.11. The highest BCUT2D eigenvalue weighted by Crippen LogP contribution is 2.41. The highest BCUT2D eigenvalue weighted by molar-refractivity contribution is 9.10. The first-order chi connectivity index (χ1) is 13.7. The van der Waals surface area contributed by atoms with E-state index in [9.17, 15) is 5.11 Å². The summed E-state index contributed by atoms with van der Waals surface area (Å²) in [6.07, 6.45) is 5.20. The molecule has 8 heteroatoms. The van der Waals surface area contributed by atoms with E-state index in [2.05, 4.69) is 43.0 Å². The summed E-state index contributed by atoms with van der Waals surface area (Å²) in [5.74, 6) is 1.23. The Balaban J connectivity index is 1.60. The van der Waals surface area contributed by atoms with Crippen molar-refractivity contribution < 1.29 is 9.52 Å². The van der Waals surface area contributed by atoms with Crippen molar-refractivity contribution >= 4 is 32.2 Å². The Morgan fingerprint density at radius 3 is 2.71 bits per heavy atom. The van der Waals surface area contributed by atoms with Gasteiger partial charge in [-0.1, -0.05) is 45.8 Å². The van der Waals surface area contributed by atoms with Crippen LogP contribution < -0.4 is 0 Å². The van der Waals surface area contributed by atoms with Crippen molar-refractivity contribution in [3.05, 3.63) is 57.6 Å². The average Bonchev–Trinajstić information content (AvgIpc) is 3.42. The molecule has 0 radical (unpaired) electrons. The Morgan fingerprint density at radius 2 is 2.00 bits per heavy atom. The number of aromatic hydroxyl groups is 1. The van der Waals surface area contributed by atoms with Gasteiger partial charge in [-0.15, -0.1) is 5.10 Å². The van der Waals surface area contributed by atoms with Gasteiger partial charge in [0.05, 0.1) is 17.2 Å². The average molecular weight is 459 g/mol. The summed E-state index contributed by atoms with van der Waals surface area (Å²) in [6.45, 7) is 2.03. The second-order valence-electron chi connectivity index (χ2n) is 6.95. The van der Waals surface area contributed by atoms with Crippen LogP contribution >= 0.6 is 27.3 Å². The van der Waals surface area contributed by atoms with Crippen LogP contribution in [0.3, 0.4) is 0 Å². The van der Waals surface area contributed by atoms with Crippen molar-refractivity contribution in [1.82, 2.24) is 19.5 Å². The van der Waals surface area contributed by atoms with E-state index in [0.717, 1.165) is 28.0 Å². The highest BCUT2D eigenvalue weighted by Gasteiger charge is 2.30. The Kier molecular flexibility index (Phi) is 4.70. The number of furan rings is 1. The monoisotopic (exact) mass is 458 g/mol. The van der Waals surface area contributed by atoms with Crippen LogP contribution in [0, 0.1) is 0 Å². The summed E-state index contributed by atoms with van der Waals surface area (Å²) < 4.78 is 7.94. The molecule has 0 spiro atoms. The van der Waals surface area contributed by atoms with E-state index in [4.69, 9.17) is 4.42 Å². The van der Waals surface area contributed by atoms with Crippen molar-refractivity contribution in [2.24, 2.45) is 0 Å². The van der Waals surface area contributed by atoms with E-state index in [1.165, 1.54) is 35.1 Å². The minimum absolute atomic E-state index is 0.0154. The summed E-state index contributed by atoms with van der Waals surface area (Å²) in [5, 5.41) is 15.5. The van der Waals surface area contributed by atoms with Crippen LogP contribution in [-0.4, -0.2) is 37.7 Å². The second-order valence-corrected chi connectivity index (χ2v) is 8.88. The van der Waals surface area contributed by atoms with E-state index in [1.54, 1.807) is 12.3 Å². The number of likely N-dealkylation sites (tertiary alicyclic amines) is 1. The number of halogens is 1. The van der Waals surface area contributed by atoms with Gasteiger partial charge in [0.15, 0.2) is 5.76 Å². The zero-order chi connectivity index (χ0) is 19.1. The first kappa shape index (κ1) is 17.9. The largest absolute Gasteiger partial charge is 0.492 e. The Hall–Kier alpha value is -2.16. The fourth-order valence-electron chi connectivity index (χ4n) is 3.82. The van der Waals surface area contributed by atoms with E-state index in [-0.39, 0.29) is 11.9 Å². The maximum Gasteiger partial charge on any atom is 0.230 e. The van der Waals surface area contributed by atoms with Crippen molar-refractivity contribution in [2.75, 3.05) is 13.1 Å². The van der Waals surface area contributed by atoms with Gasteiger partial charge < -0.3 is 9.52 Å². The van der Waals surface area contributed by atoms with Crippen LogP contribution in [0.5, 0.6) is 5.88 Å². The summed E-state index contributed by atoms with van der Waals surface area (Å²) in [5.41, 5.74) is 1.15. The number of nitrogens with zero attached hydrogens (tertiary/aromatic N) is 4.